The van der Waals surface area contributed by atoms with Crippen molar-refractivity contribution in [2.75, 3.05) is 13.4 Å². The van der Waals surface area contributed by atoms with Crippen molar-refractivity contribution in [3.05, 3.63) is 0 Å². The van der Waals surface area contributed by atoms with Crippen molar-refractivity contribution in [2.24, 2.45) is 5.92 Å². The van der Waals surface area contributed by atoms with Gasteiger partial charge in [-0.3, -0.25) is 19.2 Å². The number of carbonyl (C=O) groups is 4. The Labute approximate surface area is 192 Å². The molecule has 1 atom stereocenters. The lowest BCUT2D eigenvalue weighted by Gasteiger charge is -2.16. The number of hydrogen-bond acceptors (Lipinski definition) is 7. The summed E-state index contributed by atoms with van der Waals surface area (Å²) in [6.07, 6.45) is 10.6. The molecule has 0 aromatic heterocycles. The van der Waals surface area contributed by atoms with E-state index in [-0.39, 0.29) is 19.0 Å². The summed E-state index contributed by atoms with van der Waals surface area (Å²) in [6.45, 7) is 3.61. The Morgan fingerprint density at radius 1 is 0.656 bits per heavy atom. The first-order valence-corrected chi connectivity index (χ1v) is 12.1. The number of rotatable bonds is 21. The molecule has 1 unspecified atom stereocenters. The van der Waals surface area contributed by atoms with E-state index < -0.39 is 30.6 Å². The van der Waals surface area contributed by atoms with Gasteiger partial charge < -0.3 is 19.3 Å². The Balaban J connectivity index is 4.36. The third-order valence-electron chi connectivity index (χ3n) is 5.11. The van der Waals surface area contributed by atoms with Crippen molar-refractivity contribution >= 4 is 23.9 Å². The van der Waals surface area contributed by atoms with Gasteiger partial charge in [0.15, 0.2) is 0 Å². The predicted molar refractivity (Wildman–Crippen MR) is 120 cm³/mol. The van der Waals surface area contributed by atoms with Gasteiger partial charge in [0.25, 0.3) is 0 Å². The zero-order valence-corrected chi connectivity index (χ0v) is 19.9. The topological polar surface area (TPSA) is 116 Å². The molecular formula is C24H42O8. The molecule has 0 aromatic rings. The van der Waals surface area contributed by atoms with Crippen molar-refractivity contribution in [2.45, 2.75) is 110 Å². The van der Waals surface area contributed by atoms with Gasteiger partial charge >= 0.3 is 23.9 Å². The van der Waals surface area contributed by atoms with E-state index in [2.05, 4.69) is 6.92 Å². The van der Waals surface area contributed by atoms with E-state index in [1.165, 1.54) is 0 Å². The van der Waals surface area contributed by atoms with E-state index in [9.17, 15) is 19.2 Å². The summed E-state index contributed by atoms with van der Waals surface area (Å²) < 4.78 is 15.3. The van der Waals surface area contributed by atoms with Crippen LogP contribution in [0.3, 0.4) is 0 Å². The molecule has 0 radical (unpaired) electrons. The van der Waals surface area contributed by atoms with Crippen LogP contribution in [-0.4, -0.2) is 42.4 Å². The Hall–Kier alpha value is -2.12. The van der Waals surface area contributed by atoms with Crippen molar-refractivity contribution < 1.29 is 38.5 Å². The summed E-state index contributed by atoms with van der Waals surface area (Å²) in [5.41, 5.74) is 0. The maximum Gasteiger partial charge on any atom is 0.315 e. The standard InChI is InChI=1S/C24H42O8/c1-3-5-10-16-22(27)30-18-20(14-12-8-7-9-13-15-21(25)26)24(29)32-19-31-23(28)17-11-6-4-2/h20H,3-19H2,1-2H3,(H,25,26). The first-order valence-electron chi connectivity index (χ1n) is 12.1. The van der Waals surface area contributed by atoms with Crippen LogP contribution in [0.15, 0.2) is 0 Å². The van der Waals surface area contributed by atoms with Crippen LogP contribution < -0.4 is 0 Å². The van der Waals surface area contributed by atoms with E-state index in [1.54, 1.807) is 0 Å². The molecule has 0 aliphatic heterocycles. The number of hydrogen-bond donors (Lipinski definition) is 1. The monoisotopic (exact) mass is 458 g/mol. The molecule has 0 saturated heterocycles. The SMILES string of the molecule is CCCCCC(=O)OCOC(=O)C(CCCCCCCC(=O)O)COC(=O)CCCCC. The van der Waals surface area contributed by atoms with E-state index in [1.807, 2.05) is 6.92 Å². The molecule has 0 fully saturated rings. The van der Waals surface area contributed by atoms with Crippen LogP contribution in [0.1, 0.15) is 110 Å². The third-order valence-corrected chi connectivity index (χ3v) is 5.11. The Morgan fingerprint density at radius 2 is 1.19 bits per heavy atom. The van der Waals surface area contributed by atoms with Crippen LogP contribution in [0.4, 0.5) is 0 Å². The number of esters is 3. The van der Waals surface area contributed by atoms with Crippen LogP contribution in [-0.2, 0) is 33.4 Å². The Morgan fingerprint density at radius 3 is 1.78 bits per heavy atom. The molecule has 0 aliphatic carbocycles. The molecule has 8 heteroatoms. The maximum atomic E-state index is 12.4. The number of carboxylic acid groups (broad SMARTS) is 1. The molecule has 0 bridgehead atoms. The zero-order valence-electron chi connectivity index (χ0n) is 19.9. The second-order valence-corrected chi connectivity index (χ2v) is 8.09. The van der Waals surface area contributed by atoms with Crippen molar-refractivity contribution in [3.8, 4) is 0 Å². The fourth-order valence-electron chi connectivity index (χ4n) is 3.11. The summed E-state index contributed by atoms with van der Waals surface area (Å²) >= 11 is 0. The fourth-order valence-corrected chi connectivity index (χ4v) is 3.11. The summed E-state index contributed by atoms with van der Waals surface area (Å²) in [6, 6.07) is 0. The highest BCUT2D eigenvalue weighted by Crippen LogP contribution is 2.15. The first-order chi connectivity index (χ1) is 15.4. The number of aliphatic carboxylic acids is 1. The van der Waals surface area contributed by atoms with E-state index >= 15 is 0 Å². The lowest BCUT2D eigenvalue weighted by atomic mass is 10.0. The molecule has 8 nitrogen and oxygen atoms in total. The summed E-state index contributed by atoms with van der Waals surface area (Å²) in [7, 11) is 0. The lowest BCUT2D eigenvalue weighted by Crippen LogP contribution is -2.26. The molecule has 0 spiro atoms. The van der Waals surface area contributed by atoms with E-state index in [0.29, 0.717) is 25.7 Å². The number of carbonyl (C=O) groups excluding carboxylic acids is 3. The van der Waals surface area contributed by atoms with Crippen molar-refractivity contribution in [3.63, 3.8) is 0 Å². The van der Waals surface area contributed by atoms with E-state index in [0.717, 1.165) is 64.2 Å². The van der Waals surface area contributed by atoms with Crippen molar-refractivity contribution in [1.82, 2.24) is 0 Å². The molecular weight excluding hydrogens is 416 g/mol. The maximum absolute atomic E-state index is 12.4. The van der Waals surface area contributed by atoms with Gasteiger partial charge in [-0.25, -0.2) is 0 Å². The van der Waals surface area contributed by atoms with Gasteiger partial charge in [-0.1, -0.05) is 65.2 Å². The molecule has 0 aliphatic rings. The minimum atomic E-state index is -0.792. The molecule has 32 heavy (non-hydrogen) atoms. The Bertz CT molecular complexity index is 532. The summed E-state index contributed by atoms with van der Waals surface area (Å²) in [5, 5.41) is 8.66. The molecule has 0 rings (SSSR count). The summed E-state index contributed by atoms with van der Waals surface area (Å²) in [4.78, 5) is 46.5. The normalized spacial score (nSPS) is 11.6. The third kappa shape index (κ3) is 18.6. The molecule has 186 valence electrons. The second kappa shape index (κ2) is 20.8. The molecule has 0 amide bonds. The average Bonchev–Trinajstić information content (AvgIpc) is 2.75. The van der Waals surface area contributed by atoms with Crippen molar-refractivity contribution in [1.29, 1.82) is 0 Å². The van der Waals surface area contributed by atoms with Gasteiger partial charge in [-0.15, -0.1) is 0 Å². The molecule has 1 N–H and O–H groups in total. The molecule has 0 aromatic carbocycles. The fraction of sp³-hybridized carbons (Fsp3) is 0.833. The zero-order chi connectivity index (χ0) is 24.0. The smallest absolute Gasteiger partial charge is 0.315 e. The largest absolute Gasteiger partial charge is 0.481 e. The number of carboxylic acids is 1. The minimum Gasteiger partial charge on any atom is -0.481 e. The van der Waals surface area contributed by atoms with Gasteiger partial charge in [-0.05, 0) is 25.7 Å². The molecule has 0 heterocycles. The average molecular weight is 459 g/mol. The Kier molecular flexibility index (Phi) is 19.4. The van der Waals surface area contributed by atoms with Gasteiger partial charge in [0.05, 0.1) is 5.92 Å². The van der Waals surface area contributed by atoms with Gasteiger partial charge in [0.1, 0.15) is 6.61 Å². The highest BCUT2D eigenvalue weighted by Gasteiger charge is 2.22. The van der Waals surface area contributed by atoms with Gasteiger partial charge in [0, 0.05) is 19.3 Å². The van der Waals surface area contributed by atoms with Crippen LogP contribution in [0.2, 0.25) is 0 Å². The van der Waals surface area contributed by atoms with Crippen LogP contribution >= 0.6 is 0 Å². The first kappa shape index (κ1) is 29.9. The second-order valence-electron chi connectivity index (χ2n) is 8.09. The van der Waals surface area contributed by atoms with Crippen LogP contribution in [0.25, 0.3) is 0 Å². The van der Waals surface area contributed by atoms with Crippen LogP contribution in [0, 0.1) is 5.92 Å². The quantitative estimate of drug-likeness (QED) is 0.142. The highest BCUT2D eigenvalue weighted by molar-refractivity contribution is 5.74. The predicted octanol–water partition coefficient (Wildman–Crippen LogP) is 5.17. The lowest BCUT2D eigenvalue weighted by molar-refractivity contribution is -0.172. The summed E-state index contributed by atoms with van der Waals surface area (Å²) in [5.74, 6) is -2.67. The minimum absolute atomic E-state index is 0.0484. The number of unbranched alkanes of at least 4 members (excludes halogenated alkanes) is 8. The highest BCUT2D eigenvalue weighted by atomic mass is 16.7. The number of ether oxygens (including phenoxy) is 3. The van der Waals surface area contributed by atoms with Crippen LogP contribution in [0.5, 0.6) is 0 Å². The molecule has 0 saturated carbocycles. The van der Waals surface area contributed by atoms with Gasteiger partial charge in [-0.2, -0.15) is 0 Å². The van der Waals surface area contributed by atoms with E-state index in [4.69, 9.17) is 19.3 Å². The van der Waals surface area contributed by atoms with Gasteiger partial charge in [0.2, 0.25) is 6.79 Å².